The summed E-state index contributed by atoms with van der Waals surface area (Å²) in [4.78, 5) is 1.75. The third-order valence-electron chi connectivity index (χ3n) is 3.51. The van der Waals surface area contributed by atoms with Crippen molar-refractivity contribution < 1.29 is 23.7 Å². The van der Waals surface area contributed by atoms with Gasteiger partial charge >= 0.3 is 0 Å². The van der Waals surface area contributed by atoms with Crippen LogP contribution >= 0.6 is 15.9 Å². The second-order valence-corrected chi connectivity index (χ2v) is 6.44. The molecule has 0 aromatic rings. The molecule has 108 valence electrons. The summed E-state index contributed by atoms with van der Waals surface area (Å²) in [5.41, 5.74) is 0. The van der Waals surface area contributed by atoms with Crippen LogP contribution in [0.25, 0.3) is 0 Å². The van der Waals surface area contributed by atoms with Crippen molar-refractivity contribution in [3.63, 3.8) is 0 Å². The zero-order valence-electron chi connectivity index (χ0n) is 11.5. The van der Waals surface area contributed by atoms with Crippen LogP contribution in [0.3, 0.4) is 0 Å². The van der Waals surface area contributed by atoms with Gasteiger partial charge in [-0.05, 0) is 27.7 Å². The summed E-state index contributed by atoms with van der Waals surface area (Å²) in [6, 6.07) is 0. The van der Waals surface area contributed by atoms with Crippen LogP contribution in [0.15, 0.2) is 10.7 Å². The summed E-state index contributed by atoms with van der Waals surface area (Å²) in [5, 5.41) is 0. The number of hydrogen-bond donors (Lipinski definition) is 0. The zero-order chi connectivity index (χ0) is 13.8. The summed E-state index contributed by atoms with van der Waals surface area (Å²) in [5.74, 6) is -0.429. The fourth-order valence-corrected chi connectivity index (χ4v) is 3.16. The standard InChI is InChI=1S/C13H19BrO5/c1-12(2)15-6-8(17-12)9-11-10(7(5-14)16-9)18-13(3,4)19-11/h5,8-11H,6H2,1-4H3/b7-5+/t8-,9-,10-,11+/m1/s1. The van der Waals surface area contributed by atoms with E-state index in [0.717, 1.165) is 5.76 Å². The van der Waals surface area contributed by atoms with E-state index in [9.17, 15) is 0 Å². The Morgan fingerprint density at radius 3 is 2.37 bits per heavy atom. The van der Waals surface area contributed by atoms with E-state index >= 15 is 0 Å². The Morgan fingerprint density at radius 1 is 1.05 bits per heavy atom. The number of hydrogen-bond acceptors (Lipinski definition) is 5. The lowest BCUT2D eigenvalue weighted by molar-refractivity contribution is -0.187. The van der Waals surface area contributed by atoms with Crippen LogP contribution in [0.1, 0.15) is 27.7 Å². The third kappa shape index (κ3) is 2.45. The minimum atomic E-state index is -0.604. The maximum atomic E-state index is 5.95. The number of fused-ring (bicyclic) bond motifs is 1. The molecule has 4 atom stereocenters. The predicted molar refractivity (Wildman–Crippen MR) is 70.6 cm³/mol. The van der Waals surface area contributed by atoms with Crippen LogP contribution in [-0.2, 0) is 23.7 Å². The lowest BCUT2D eigenvalue weighted by Gasteiger charge is -2.25. The highest BCUT2D eigenvalue weighted by Crippen LogP contribution is 2.43. The van der Waals surface area contributed by atoms with Gasteiger partial charge in [0.25, 0.3) is 0 Å². The Hall–Kier alpha value is -0.140. The van der Waals surface area contributed by atoms with E-state index in [-0.39, 0.29) is 24.4 Å². The highest BCUT2D eigenvalue weighted by molar-refractivity contribution is 9.11. The van der Waals surface area contributed by atoms with Crippen molar-refractivity contribution in [2.24, 2.45) is 0 Å². The van der Waals surface area contributed by atoms with Gasteiger partial charge in [-0.15, -0.1) is 0 Å². The fraction of sp³-hybridized carbons (Fsp3) is 0.846. The molecule has 3 aliphatic rings. The van der Waals surface area contributed by atoms with Crippen molar-refractivity contribution in [2.45, 2.75) is 63.7 Å². The fourth-order valence-electron chi connectivity index (χ4n) is 2.79. The smallest absolute Gasteiger partial charge is 0.164 e. The summed E-state index contributed by atoms with van der Waals surface area (Å²) in [7, 11) is 0. The Bertz CT molecular complexity index is 406. The van der Waals surface area contributed by atoms with Crippen LogP contribution < -0.4 is 0 Å². The van der Waals surface area contributed by atoms with Gasteiger partial charge in [0, 0.05) is 4.99 Å². The largest absolute Gasteiger partial charge is 0.486 e. The lowest BCUT2D eigenvalue weighted by atomic mass is 10.1. The molecular formula is C13H19BrO5. The predicted octanol–water partition coefficient (Wildman–Crippen LogP) is 2.29. The number of halogens is 1. The minimum Gasteiger partial charge on any atom is -0.486 e. The second kappa shape index (κ2) is 4.43. The summed E-state index contributed by atoms with van der Waals surface area (Å²) < 4.78 is 29.2. The molecule has 6 heteroatoms. The molecule has 0 radical (unpaired) electrons. The molecule has 0 unspecified atom stereocenters. The second-order valence-electron chi connectivity index (χ2n) is 5.98. The van der Waals surface area contributed by atoms with Gasteiger partial charge < -0.3 is 23.7 Å². The van der Waals surface area contributed by atoms with E-state index in [4.69, 9.17) is 23.7 Å². The average Bonchev–Trinajstić information content (AvgIpc) is 2.89. The van der Waals surface area contributed by atoms with Gasteiger partial charge in [0.15, 0.2) is 17.7 Å². The van der Waals surface area contributed by atoms with Crippen molar-refractivity contribution in [3.05, 3.63) is 10.7 Å². The van der Waals surface area contributed by atoms with Gasteiger partial charge in [-0.25, -0.2) is 0 Å². The van der Waals surface area contributed by atoms with Gasteiger partial charge in [-0.2, -0.15) is 0 Å². The first-order valence-corrected chi connectivity index (χ1v) is 7.37. The zero-order valence-corrected chi connectivity index (χ0v) is 13.1. The number of rotatable bonds is 1. The number of ether oxygens (including phenoxy) is 5. The Kier molecular flexibility index (Phi) is 3.22. The maximum Gasteiger partial charge on any atom is 0.164 e. The molecule has 0 spiro atoms. The first kappa shape index (κ1) is 13.8. The van der Waals surface area contributed by atoms with Crippen molar-refractivity contribution in [2.75, 3.05) is 6.61 Å². The maximum absolute atomic E-state index is 5.95. The molecule has 3 rings (SSSR count). The molecule has 3 fully saturated rings. The molecule has 0 N–H and O–H groups in total. The van der Waals surface area contributed by atoms with Crippen LogP contribution in [-0.4, -0.2) is 42.6 Å². The molecule has 3 aliphatic heterocycles. The summed E-state index contributed by atoms with van der Waals surface area (Å²) in [6.07, 6.45) is -0.713. The monoisotopic (exact) mass is 334 g/mol. The third-order valence-corrected chi connectivity index (χ3v) is 3.96. The quantitative estimate of drug-likeness (QED) is 0.736. The molecule has 0 aromatic heterocycles. The van der Waals surface area contributed by atoms with E-state index in [0.29, 0.717) is 6.61 Å². The van der Waals surface area contributed by atoms with E-state index in [1.807, 2.05) is 27.7 Å². The van der Waals surface area contributed by atoms with E-state index in [2.05, 4.69) is 15.9 Å². The first-order valence-electron chi connectivity index (χ1n) is 6.46. The summed E-state index contributed by atoms with van der Waals surface area (Å²) >= 11 is 3.31. The molecule has 0 bridgehead atoms. The summed E-state index contributed by atoms with van der Waals surface area (Å²) in [6.45, 7) is 8.11. The molecule has 5 nitrogen and oxygen atoms in total. The highest BCUT2D eigenvalue weighted by Gasteiger charge is 2.57. The molecule has 0 aromatic carbocycles. The Labute approximate surface area is 121 Å². The van der Waals surface area contributed by atoms with Gasteiger partial charge in [0.1, 0.15) is 24.1 Å². The van der Waals surface area contributed by atoms with Gasteiger partial charge in [-0.3, -0.25) is 0 Å². The lowest BCUT2D eigenvalue weighted by Crippen LogP contribution is -2.40. The molecule has 3 heterocycles. The minimum absolute atomic E-state index is 0.148. The topological polar surface area (TPSA) is 46.2 Å². The average molecular weight is 335 g/mol. The van der Waals surface area contributed by atoms with Crippen molar-refractivity contribution >= 4 is 15.9 Å². The molecule has 0 amide bonds. The molecule has 0 aliphatic carbocycles. The molecule has 3 saturated heterocycles. The highest BCUT2D eigenvalue weighted by atomic mass is 79.9. The Morgan fingerprint density at radius 2 is 1.79 bits per heavy atom. The van der Waals surface area contributed by atoms with E-state index in [1.54, 1.807) is 4.99 Å². The van der Waals surface area contributed by atoms with E-state index in [1.165, 1.54) is 0 Å². The SMILES string of the molecule is CC1(C)O[C@H]2[C@@H]([C@H]3COC(C)(C)O3)O/C(=C/Br)[C@H]2O1. The van der Waals surface area contributed by atoms with Crippen molar-refractivity contribution in [1.82, 2.24) is 0 Å². The van der Waals surface area contributed by atoms with Gasteiger partial charge in [0.05, 0.1) is 6.61 Å². The van der Waals surface area contributed by atoms with E-state index < -0.39 is 11.6 Å². The first-order chi connectivity index (χ1) is 8.81. The Balaban J connectivity index is 1.80. The van der Waals surface area contributed by atoms with Crippen LogP contribution in [0.2, 0.25) is 0 Å². The van der Waals surface area contributed by atoms with Crippen molar-refractivity contribution in [1.29, 1.82) is 0 Å². The molecular weight excluding hydrogens is 316 g/mol. The van der Waals surface area contributed by atoms with Gasteiger partial charge in [0.2, 0.25) is 0 Å². The normalized spacial score (nSPS) is 45.4. The van der Waals surface area contributed by atoms with Crippen LogP contribution in [0.5, 0.6) is 0 Å². The van der Waals surface area contributed by atoms with Crippen molar-refractivity contribution in [3.8, 4) is 0 Å². The molecule has 0 saturated carbocycles. The van der Waals surface area contributed by atoms with Crippen LogP contribution in [0.4, 0.5) is 0 Å². The van der Waals surface area contributed by atoms with Crippen LogP contribution in [0, 0.1) is 0 Å². The van der Waals surface area contributed by atoms with Gasteiger partial charge in [-0.1, -0.05) is 15.9 Å². The molecule has 19 heavy (non-hydrogen) atoms.